The minimum Gasteiger partial charge on any atom is -0.497 e. The number of ether oxygens (including phenoxy) is 1. The first-order chi connectivity index (χ1) is 13.0. The van der Waals surface area contributed by atoms with Crippen molar-refractivity contribution in [3.63, 3.8) is 0 Å². The third-order valence-electron chi connectivity index (χ3n) is 4.34. The predicted molar refractivity (Wildman–Crippen MR) is 109 cm³/mol. The number of nitrogens with zero attached hydrogens (tertiary/aromatic N) is 1. The summed E-state index contributed by atoms with van der Waals surface area (Å²) in [4.78, 5) is 16.5. The third-order valence-corrected chi connectivity index (χ3v) is 5.30. The number of thioether (sulfide) groups is 1. The van der Waals surface area contributed by atoms with Gasteiger partial charge in [-0.2, -0.15) is 0 Å². The summed E-state index contributed by atoms with van der Waals surface area (Å²) in [5.41, 5.74) is 4.02. The number of aliphatic imine (C=N–C) groups is 1. The van der Waals surface area contributed by atoms with Crippen molar-refractivity contribution in [2.45, 2.75) is 25.6 Å². The summed E-state index contributed by atoms with van der Waals surface area (Å²) in [6.07, 6.45) is 0. The summed E-state index contributed by atoms with van der Waals surface area (Å²) in [5.74, 6) is 0.599. The number of amidine groups is 1. The average Bonchev–Trinajstić information content (AvgIpc) is 2.66. The zero-order valence-corrected chi connectivity index (χ0v) is 16.3. The van der Waals surface area contributed by atoms with Crippen molar-refractivity contribution in [1.82, 2.24) is 5.32 Å². The predicted octanol–water partition coefficient (Wildman–Crippen LogP) is 4.30. The average molecular weight is 382 g/mol. The molecule has 0 radical (unpaired) electrons. The molecule has 0 aliphatic carbocycles. The number of methoxy groups -OCH3 is 1. The van der Waals surface area contributed by atoms with E-state index in [1.54, 1.807) is 25.8 Å². The fourth-order valence-corrected chi connectivity index (χ4v) is 3.85. The second-order valence-electron chi connectivity index (χ2n) is 6.36. The van der Waals surface area contributed by atoms with E-state index in [0.29, 0.717) is 5.70 Å². The fourth-order valence-electron chi connectivity index (χ4n) is 2.95. The van der Waals surface area contributed by atoms with Gasteiger partial charge in [-0.3, -0.25) is 0 Å². The molecule has 0 amide bonds. The van der Waals surface area contributed by atoms with E-state index in [-0.39, 0.29) is 5.57 Å². The van der Waals surface area contributed by atoms with Crippen LogP contribution in [0.3, 0.4) is 0 Å². The maximum Gasteiger partial charge on any atom is 0.335 e. The van der Waals surface area contributed by atoms with E-state index in [1.165, 1.54) is 0 Å². The van der Waals surface area contributed by atoms with Crippen LogP contribution in [0.15, 0.2) is 64.8 Å². The van der Waals surface area contributed by atoms with Gasteiger partial charge >= 0.3 is 5.97 Å². The first-order valence-electron chi connectivity index (χ1n) is 8.59. The molecule has 0 aromatic heterocycles. The molecule has 27 heavy (non-hydrogen) atoms. The lowest BCUT2D eigenvalue weighted by Crippen LogP contribution is -2.29. The molecular formula is C21H22N2O3S. The molecule has 1 aliphatic heterocycles. The van der Waals surface area contributed by atoms with E-state index >= 15 is 0 Å². The third kappa shape index (κ3) is 4.52. The molecule has 0 bridgehead atoms. The highest BCUT2D eigenvalue weighted by Gasteiger charge is 2.29. The lowest BCUT2D eigenvalue weighted by Gasteiger charge is -2.25. The zero-order chi connectivity index (χ0) is 19.4. The van der Waals surface area contributed by atoms with Gasteiger partial charge in [-0.05, 0) is 37.1 Å². The van der Waals surface area contributed by atoms with Crippen molar-refractivity contribution in [2.75, 3.05) is 7.11 Å². The fraction of sp³-hybridized carbons (Fsp3) is 0.238. The van der Waals surface area contributed by atoms with E-state index < -0.39 is 12.0 Å². The van der Waals surface area contributed by atoms with Crippen LogP contribution in [-0.2, 0) is 10.5 Å². The van der Waals surface area contributed by atoms with Crippen LogP contribution in [0.5, 0.6) is 5.75 Å². The minimum absolute atomic E-state index is 0.286. The molecule has 140 valence electrons. The molecule has 2 N–H and O–H groups in total. The highest BCUT2D eigenvalue weighted by atomic mass is 32.2. The molecule has 0 spiro atoms. The molecule has 2 aromatic rings. The van der Waals surface area contributed by atoms with Crippen LogP contribution < -0.4 is 10.1 Å². The number of nitrogens with one attached hydrogen (secondary N) is 1. The number of hydrogen-bond donors (Lipinski definition) is 2. The zero-order valence-electron chi connectivity index (χ0n) is 15.5. The highest BCUT2D eigenvalue weighted by molar-refractivity contribution is 8.13. The molecule has 5 nitrogen and oxygen atoms in total. The number of aliphatic carboxylic acids is 1. The molecule has 0 fully saturated rings. The topological polar surface area (TPSA) is 70.9 Å². The van der Waals surface area contributed by atoms with Gasteiger partial charge in [0.05, 0.1) is 12.7 Å². The Balaban J connectivity index is 1.83. The first-order valence-corrected chi connectivity index (χ1v) is 9.57. The van der Waals surface area contributed by atoms with Gasteiger partial charge in [0.25, 0.3) is 0 Å². The molecule has 1 heterocycles. The number of rotatable bonds is 5. The number of aryl methyl sites for hydroxylation is 1. The molecule has 6 heteroatoms. The summed E-state index contributed by atoms with van der Waals surface area (Å²) >= 11 is 1.56. The number of hydrogen-bond acceptors (Lipinski definition) is 5. The molecule has 0 saturated carbocycles. The standard InChI is InChI=1S/C21H22N2O3S/c1-13-5-4-6-16(11-13)19-18(20(24)25)14(2)22-21(23-19)27-12-15-7-9-17(26-3)10-8-15/h4-11,19H,12H2,1-3H3,(H,22,23)(H,24,25)/t19-/m0/s1. The van der Waals surface area contributed by atoms with Crippen LogP contribution in [0.4, 0.5) is 0 Å². The SMILES string of the molecule is COc1ccc(CSC2=N[C@@H](c3cccc(C)c3)C(C(=O)O)=C(C)N2)cc1. The van der Waals surface area contributed by atoms with Crippen molar-refractivity contribution in [2.24, 2.45) is 4.99 Å². The summed E-state index contributed by atoms with van der Waals surface area (Å²) in [7, 11) is 1.64. The molecule has 0 unspecified atom stereocenters. The normalized spacial score (nSPS) is 16.6. The molecule has 0 saturated heterocycles. The van der Waals surface area contributed by atoms with E-state index in [0.717, 1.165) is 33.4 Å². The van der Waals surface area contributed by atoms with Crippen molar-refractivity contribution in [1.29, 1.82) is 0 Å². The monoisotopic (exact) mass is 382 g/mol. The van der Waals surface area contributed by atoms with Crippen LogP contribution >= 0.6 is 11.8 Å². The highest BCUT2D eigenvalue weighted by Crippen LogP contribution is 2.33. The second kappa shape index (κ2) is 8.31. The van der Waals surface area contributed by atoms with Crippen LogP contribution in [0.25, 0.3) is 0 Å². The molecule has 3 rings (SSSR count). The van der Waals surface area contributed by atoms with Gasteiger partial charge in [-0.15, -0.1) is 0 Å². The molecule has 1 aliphatic rings. The van der Waals surface area contributed by atoms with Crippen molar-refractivity contribution in [3.05, 3.63) is 76.5 Å². The van der Waals surface area contributed by atoms with Gasteiger partial charge in [0, 0.05) is 11.4 Å². The smallest absolute Gasteiger partial charge is 0.335 e. The van der Waals surface area contributed by atoms with Crippen LogP contribution in [0.1, 0.15) is 29.7 Å². The lowest BCUT2D eigenvalue weighted by molar-refractivity contribution is -0.133. The van der Waals surface area contributed by atoms with Gasteiger partial charge in [0.1, 0.15) is 11.8 Å². The van der Waals surface area contributed by atoms with Crippen LogP contribution in [0, 0.1) is 6.92 Å². The van der Waals surface area contributed by atoms with Gasteiger partial charge < -0.3 is 15.2 Å². The Kier molecular flexibility index (Phi) is 5.86. The molecular weight excluding hydrogens is 360 g/mol. The summed E-state index contributed by atoms with van der Waals surface area (Å²) < 4.78 is 5.18. The van der Waals surface area contributed by atoms with Gasteiger partial charge in [0.15, 0.2) is 5.17 Å². The Hall–Kier alpha value is -2.73. The molecule has 1 atom stereocenters. The van der Waals surface area contributed by atoms with Crippen molar-refractivity contribution in [3.8, 4) is 5.75 Å². The Bertz CT molecular complexity index is 904. The molecule has 2 aromatic carbocycles. The van der Waals surface area contributed by atoms with E-state index in [4.69, 9.17) is 9.73 Å². The van der Waals surface area contributed by atoms with Gasteiger partial charge in [-0.1, -0.05) is 53.7 Å². The number of carboxylic acid groups (broad SMARTS) is 1. The van der Waals surface area contributed by atoms with Crippen molar-refractivity contribution < 1.29 is 14.6 Å². The summed E-state index contributed by atoms with van der Waals surface area (Å²) in [5, 5.41) is 13.5. The number of benzene rings is 2. The Labute approximate surface area is 163 Å². The van der Waals surface area contributed by atoms with Crippen LogP contribution in [-0.4, -0.2) is 23.4 Å². The first kappa shape index (κ1) is 19.0. The van der Waals surface area contributed by atoms with E-state index in [2.05, 4.69) is 5.32 Å². The second-order valence-corrected chi connectivity index (χ2v) is 7.32. The maximum absolute atomic E-state index is 11.8. The number of carboxylic acids is 1. The Morgan fingerprint density at radius 3 is 2.59 bits per heavy atom. The summed E-state index contributed by atoms with van der Waals surface area (Å²) in [6.45, 7) is 3.78. The Morgan fingerprint density at radius 1 is 1.22 bits per heavy atom. The number of carbonyl (C=O) groups is 1. The summed E-state index contributed by atoms with van der Waals surface area (Å²) in [6, 6.07) is 15.2. The van der Waals surface area contributed by atoms with Crippen molar-refractivity contribution >= 4 is 22.9 Å². The van der Waals surface area contributed by atoms with E-state index in [9.17, 15) is 9.90 Å². The van der Waals surface area contributed by atoms with Crippen LogP contribution in [0.2, 0.25) is 0 Å². The van der Waals surface area contributed by atoms with E-state index in [1.807, 2.05) is 55.5 Å². The maximum atomic E-state index is 11.8. The largest absolute Gasteiger partial charge is 0.497 e. The van der Waals surface area contributed by atoms with Gasteiger partial charge in [-0.25, -0.2) is 9.79 Å². The lowest BCUT2D eigenvalue weighted by atomic mass is 9.95. The Morgan fingerprint density at radius 2 is 1.96 bits per heavy atom. The van der Waals surface area contributed by atoms with Gasteiger partial charge in [0.2, 0.25) is 0 Å². The quantitative estimate of drug-likeness (QED) is 0.807. The number of allylic oxidation sites excluding steroid dienone is 1. The minimum atomic E-state index is -0.950.